The molecule has 23 heavy (non-hydrogen) atoms. The van der Waals surface area contributed by atoms with Gasteiger partial charge < -0.3 is 4.42 Å². The highest BCUT2D eigenvalue weighted by Gasteiger charge is 2.21. The van der Waals surface area contributed by atoms with Crippen molar-refractivity contribution in [1.82, 2.24) is 4.98 Å². The number of halogens is 2. The normalized spacial score (nSPS) is 11.6. The summed E-state index contributed by atoms with van der Waals surface area (Å²) in [4.78, 5) is 3.98. The smallest absolute Gasteiger partial charge is 0.238 e. The van der Waals surface area contributed by atoms with Gasteiger partial charge in [0.25, 0.3) is 0 Å². The van der Waals surface area contributed by atoms with Crippen molar-refractivity contribution in [1.29, 1.82) is 0 Å². The Labute approximate surface area is 136 Å². The number of nitrogens with zero attached hydrogens (tertiary/aromatic N) is 1. The van der Waals surface area contributed by atoms with Crippen LogP contribution in [0.4, 0.5) is 4.39 Å². The van der Waals surface area contributed by atoms with E-state index in [1.807, 2.05) is 0 Å². The number of nitrogens with two attached hydrogens (primary N) is 1. The topological polar surface area (TPSA) is 86.2 Å². The molecule has 5 nitrogen and oxygen atoms in total. The number of benzene rings is 2. The van der Waals surface area contributed by atoms with E-state index in [2.05, 4.69) is 4.98 Å². The van der Waals surface area contributed by atoms with Crippen LogP contribution in [0.3, 0.4) is 0 Å². The summed E-state index contributed by atoms with van der Waals surface area (Å²) in [5, 5.41) is 5.16. The predicted molar refractivity (Wildman–Crippen MR) is 83.7 cm³/mol. The van der Waals surface area contributed by atoms with Gasteiger partial charge in [0.2, 0.25) is 10.0 Å². The van der Waals surface area contributed by atoms with Gasteiger partial charge in [0.15, 0.2) is 12.2 Å². The Morgan fingerprint density at radius 3 is 2.61 bits per heavy atom. The van der Waals surface area contributed by atoms with E-state index in [1.165, 1.54) is 30.7 Å². The zero-order chi connectivity index (χ0) is 16.6. The van der Waals surface area contributed by atoms with Crippen molar-refractivity contribution in [2.45, 2.75) is 4.90 Å². The van der Waals surface area contributed by atoms with E-state index in [1.54, 1.807) is 18.2 Å². The highest BCUT2D eigenvalue weighted by Crippen LogP contribution is 2.35. The number of rotatable bonds is 3. The van der Waals surface area contributed by atoms with E-state index in [9.17, 15) is 12.8 Å². The molecule has 0 saturated carbocycles. The highest BCUT2D eigenvalue weighted by atomic mass is 35.5. The van der Waals surface area contributed by atoms with Crippen LogP contribution in [-0.2, 0) is 10.0 Å². The Morgan fingerprint density at radius 2 is 1.91 bits per heavy atom. The van der Waals surface area contributed by atoms with Gasteiger partial charge in [0.1, 0.15) is 11.5 Å². The number of oxazole rings is 1. The van der Waals surface area contributed by atoms with Gasteiger partial charge in [0, 0.05) is 11.1 Å². The molecule has 0 radical (unpaired) electrons. The first kappa shape index (κ1) is 15.7. The molecule has 2 aromatic carbocycles. The molecule has 118 valence electrons. The second-order valence-electron chi connectivity index (χ2n) is 4.70. The molecule has 0 fully saturated rings. The summed E-state index contributed by atoms with van der Waals surface area (Å²) in [5.41, 5.74) is 1.09. The molecule has 3 rings (SSSR count). The van der Waals surface area contributed by atoms with Gasteiger partial charge in [-0.3, -0.25) is 0 Å². The van der Waals surface area contributed by atoms with Crippen LogP contribution in [0, 0.1) is 5.82 Å². The van der Waals surface area contributed by atoms with Crippen molar-refractivity contribution in [3.05, 3.63) is 59.7 Å². The number of sulfonamides is 1. The standard InChI is InChI=1S/C15H10ClFN2O3S/c16-11-7-9(5-6-12(11)17)14-15(22-8-19-14)10-3-1-2-4-13(10)23(18,20)21/h1-8H,(H2,18,20,21). The molecule has 1 aromatic heterocycles. The Balaban J connectivity index is 2.22. The third-order valence-corrected chi connectivity index (χ3v) is 4.46. The maximum Gasteiger partial charge on any atom is 0.238 e. The monoisotopic (exact) mass is 352 g/mol. The van der Waals surface area contributed by atoms with E-state index in [-0.39, 0.29) is 21.2 Å². The summed E-state index contributed by atoms with van der Waals surface area (Å²) >= 11 is 5.78. The van der Waals surface area contributed by atoms with E-state index in [4.69, 9.17) is 21.2 Å². The maximum atomic E-state index is 13.3. The lowest BCUT2D eigenvalue weighted by Crippen LogP contribution is -2.13. The van der Waals surface area contributed by atoms with Crippen LogP contribution >= 0.6 is 11.6 Å². The lowest BCUT2D eigenvalue weighted by Gasteiger charge is -2.07. The van der Waals surface area contributed by atoms with Crippen LogP contribution in [0.1, 0.15) is 0 Å². The minimum Gasteiger partial charge on any atom is -0.443 e. The lowest BCUT2D eigenvalue weighted by atomic mass is 10.1. The molecule has 0 aliphatic rings. The Kier molecular flexibility index (Phi) is 3.93. The average molecular weight is 353 g/mol. The van der Waals surface area contributed by atoms with E-state index in [0.717, 1.165) is 0 Å². The zero-order valence-electron chi connectivity index (χ0n) is 11.5. The number of primary sulfonamides is 1. The van der Waals surface area contributed by atoms with Gasteiger partial charge in [-0.15, -0.1) is 0 Å². The van der Waals surface area contributed by atoms with Crippen molar-refractivity contribution < 1.29 is 17.2 Å². The predicted octanol–water partition coefficient (Wildman–Crippen LogP) is 3.45. The quantitative estimate of drug-likeness (QED) is 0.782. The van der Waals surface area contributed by atoms with Crippen LogP contribution in [0.5, 0.6) is 0 Å². The van der Waals surface area contributed by atoms with Crippen LogP contribution in [0.25, 0.3) is 22.6 Å². The fourth-order valence-electron chi connectivity index (χ4n) is 2.19. The molecule has 2 N–H and O–H groups in total. The van der Waals surface area contributed by atoms with Crippen molar-refractivity contribution in [3.63, 3.8) is 0 Å². The van der Waals surface area contributed by atoms with Crippen molar-refractivity contribution in [3.8, 4) is 22.6 Å². The maximum absolute atomic E-state index is 13.3. The van der Waals surface area contributed by atoms with Gasteiger partial charge in [-0.1, -0.05) is 23.7 Å². The van der Waals surface area contributed by atoms with Crippen molar-refractivity contribution in [2.75, 3.05) is 0 Å². The molecule has 0 aliphatic carbocycles. The number of aromatic nitrogens is 1. The van der Waals surface area contributed by atoms with Gasteiger partial charge >= 0.3 is 0 Å². The van der Waals surface area contributed by atoms with Crippen LogP contribution in [0.2, 0.25) is 5.02 Å². The fourth-order valence-corrected chi connectivity index (χ4v) is 3.10. The highest BCUT2D eigenvalue weighted by molar-refractivity contribution is 7.89. The minimum absolute atomic E-state index is 0.0730. The summed E-state index contributed by atoms with van der Waals surface area (Å²) in [6, 6.07) is 10.2. The summed E-state index contributed by atoms with van der Waals surface area (Å²) < 4.78 is 42.1. The molecule has 1 heterocycles. The Morgan fingerprint density at radius 1 is 1.17 bits per heavy atom. The summed E-state index contributed by atoms with van der Waals surface area (Å²) in [6.45, 7) is 0. The molecule has 8 heteroatoms. The third kappa shape index (κ3) is 2.98. The van der Waals surface area contributed by atoms with Gasteiger partial charge in [-0.2, -0.15) is 0 Å². The molecule has 0 spiro atoms. The molecule has 0 atom stereocenters. The molecule has 0 unspecified atom stereocenters. The molecule has 0 bridgehead atoms. The molecule has 0 saturated heterocycles. The van der Waals surface area contributed by atoms with Gasteiger partial charge in [-0.25, -0.2) is 22.9 Å². The van der Waals surface area contributed by atoms with Crippen molar-refractivity contribution >= 4 is 21.6 Å². The second kappa shape index (κ2) is 5.77. The zero-order valence-corrected chi connectivity index (χ0v) is 13.1. The van der Waals surface area contributed by atoms with Crippen LogP contribution < -0.4 is 5.14 Å². The SMILES string of the molecule is NS(=O)(=O)c1ccccc1-c1ocnc1-c1ccc(F)c(Cl)c1. The van der Waals surface area contributed by atoms with Gasteiger partial charge in [0.05, 0.1) is 9.92 Å². The molecular weight excluding hydrogens is 343 g/mol. The average Bonchev–Trinajstić information content (AvgIpc) is 2.98. The van der Waals surface area contributed by atoms with Crippen LogP contribution in [0.15, 0.2) is 58.2 Å². The fraction of sp³-hybridized carbons (Fsp3) is 0. The molecular formula is C15H10ClFN2O3S. The molecule has 3 aromatic rings. The number of hydrogen-bond acceptors (Lipinski definition) is 4. The van der Waals surface area contributed by atoms with E-state index in [0.29, 0.717) is 11.3 Å². The summed E-state index contributed by atoms with van der Waals surface area (Å²) in [5.74, 6) is -0.359. The number of hydrogen-bond donors (Lipinski definition) is 1. The molecule has 0 aliphatic heterocycles. The summed E-state index contributed by atoms with van der Waals surface area (Å²) in [7, 11) is -3.95. The lowest BCUT2D eigenvalue weighted by molar-refractivity contribution is 0.569. The minimum atomic E-state index is -3.95. The first-order chi connectivity index (χ1) is 10.9. The first-order valence-corrected chi connectivity index (χ1v) is 8.31. The van der Waals surface area contributed by atoms with E-state index >= 15 is 0 Å². The van der Waals surface area contributed by atoms with Gasteiger partial charge in [-0.05, 0) is 30.3 Å². The molecule has 0 amide bonds. The Bertz CT molecular complexity index is 986. The van der Waals surface area contributed by atoms with Crippen LogP contribution in [-0.4, -0.2) is 13.4 Å². The largest absolute Gasteiger partial charge is 0.443 e. The first-order valence-electron chi connectivity index (χ1n) is 6.39. The van der Waals surface area contributed by atoms with Crippen molar-refractivity contribution in [2.24, 2.45) is 5.14 Å². The summed E-state index contributed by atoms with van der Waals surface area (Å²) in [6.07, 6.45) is 1.17. The Hall–Kier alpha value is -2.22. The third-order valence-electron chi connectivity index (χ3n) is 3.20. The van der Waals surface area contributed by atoms with E-state index < -0.39 is 15.8 Å². The second-order valence-corrected chi connectivity index (χ2v) is 6.64.